The number of nitrogens with zero attached hydrogens (tertiary/aromatic N) is 3. The average Bonchev–Trinajstić information content (AvgIpc) is 3.68. The van der Waals surface area contributed by atoms with E-state index in [0.29, 0.717) is 42.5 Å². The van der Waals surface area contributed by atoms with Gasteiger partial charge in [-0.2, -0.15) is 0 Å². The number of benzene rings is 2. The van der Waals surface area contributed by atoms with Gasteiger partial charge in [0.25, 0.3) is 17.7 Å². The third-order valence-corrected chi connectivity index (χ3v) is 8.16. The highest BCUT2D eigenvalue weighted by atomic mass is 19.1. The van der Waals surface area contributed by atoms with Crippen molar-refractivity contribution < 1.29 is 33.0 Å². The van der Waals surface area contributed by atoms with Gasteiger partial charge in [0.1, 0.15) is 23.0 Å². The zero-order valence-electron chi connectivity index (χ0n) is 26.5. The van der Waals surface area contributed by atoms with Gasteiger partial charge in [-0.15, -0.1) is 0 Å². The van der Waals surface area contributed by atoms with Crippen LogP contribution in [0.4, 0.5) is 14.5 Å². The molecule has 4 aromatic rings. The molecule has 0 spiro atoms. The fourth-order valence-electron chi connectivity index (χ4n) is 5.56. The number of methoxy groups -OCH3 is 1. The fourth-order valence-corrected chi connectivity index (χ4v) is 5.56. The monoisotopic (exact) mass is 648 g/mol. The number of nitrogens with one attached hydrogen (secondary N) is 3. The normalized spacial score (nSPS) is 15.1. The van der Waals surface area contributed by atoms with Crippen LogP contribution in [0.15, 0.2) is 60.9 Å². The summed E-state index contributed by atoms with van der Waals surface area (Å²) in [6.45, 7) is 5.60. The standard InChI is InChI=1S/C34H38F2N6O5/c1-34(2,20-43)40-32(45)25-8-6-21(15-27(25)36)22-10-13-42-29(18-38-30(42)17-22)33(46)39-28-16-23(7-9-26(28)35)31(44)37-11-14-41-12-4-5-24(41)19-47-3/h6-10,13,15-18,24,43H,4-5,11-12,14,19-20H2,1-3H3,(H,37,44)(H,39,46)(H,40,45)/t24-/m1/s1. The number of likely N-dealkylation sites (tertiary alicyclic amines) is 1. The van der Waals surface area contributed by atoms with E-state index in [1.165, 1.54) is 34.9 Å². The van der Waals surface area contributed by atoms with Crippen molar-refractivity contribution in [1.29, 1.82) is 0 Å². The van der Waals surface area contributed by atoms with E-state index in [9.17, 15) is 28.3 Å². The van der Waals surface area contributed by atoms with Crippen LogP contribution in [-0.4, -0.2) is 88.7 Å². The second kappa shape index (κ2) is 14.4. The molecule has 2 aromatic heterocycles. The molecule has 47 heavy (non-hydrogen) atoms. The molecule has 0 saturated carbocycles. The Labute approximate surface area is 270 Å². The number of fused-ring (bicyclic) bond motifs is 1. The largest absolute Gasteiger partial charge is 0.394 e. The van der Waals surface area contributed by atoms with Crippen LogP contribution in [0.1, 0.15) is 57.9 Å². The van der Waals surface area contributed by atoms with Crippen molar-refractivity contribution in [3.63, 3.8) is 0 Å². The van der Waals surface area contributed by atoms with Gasteiger partial charge in [0.2, 0.25) is 0 Å². The molecule has 1 aliphatic rings. The highest BCUT2D eigenvalue weighted by Crippen LogP contribution is 2.25. The number of aromatic nitrogens is 2. The summed E-state index contributed by atoms with van der Waals surface area (Å²) in [7, 11) is 1.67. The Hall–Kier alpha value is -4.72. The van der Waals surface area contributed by atoms with Crippen LogP contribution in [0, 0.1) is 11.6 Å². The van der Waals surface area contributed by atoms with Crippen LogP contribution in [0.2, 0.25) is 0 Å². The third kappa shape index (κ3) is 7.81. The Balaban J connectivity index is 1.25. The molecule has 248 valence electrons. The zero-order chi connectivity index (χ0) is 33.7. The molecule has 5 rings (SSSR count). The van der Waals surface area contributed by atoms with Gasteiger partial charge in [-0.3, -0.25) is 23.7 Å². The first-order valence-corrected chi connectivity index (χ1v) is 15.3. The number of carbonyl (C=O) groups is 3. The van der Waals surface area contributed by atoms with Crippen molar-refractivity contribution in [3.05, 3.63) is 89.4 Å². The minimum atomic E-state index is -0.914. The molecular weight excluding hydrogens is 610 g/mol. The number of imidazole rings is 1. The molecule has 3 amide bonds. The molecule has 3 heterocycles. The Morgan fingerprint density at radius 2 is 1.81 bits per heavy atom. The van der Waals surface area contributed by atoms with E-state index in [4.69, 9.17) is 4.74 Å². The van der Waals surface area contributed by atoms with Crippen molar-refractivity contribution in [2.24, 2.45) is 0 Å². The number of anilines is 1. The van der Waals surface area contributed by atoms with Crippen molar-refractivity contribution in [2.75, 3.05) is 45.3 Å². The molecule has 13 heteroatoms. The molecule has 1 saturated heterocycles. The summed E-state index contributed by atoms with van der Waals surface area (Å²) in [6, 6.07) is 11.6. The number of pyridine rings is 1. The van der Waals surface area contributed by atoms with Gasteiger partial charge in [-0.1, -0.05) is 6.07 Å². The summed E-state index contributed by atoms with van der Waals surface area (Å²) in [6.07, 6.45) is 5.04. The predicted molar refractivity (Wildman–Crippen MR) is 172 cm³/mol. The number of ether oxygens (including phenoxy) is 1. The number of aliphatic hydroxyl groups excluding tert-OH is 1. The molecule has 2 aromatic carbocycles. The van der Waals surface area contributed by atoms with Crippen LogP contribution in [-0.2, 0) is 4.74 Å². The van der Waals surface area contributed by atoms with Gasteiger partial charge in [0.15, 0.2) is 0 Å². The predicted octanol–water partition coefficient (Wildman–Crippen LogP) is 3.87. The first-order valence-electron chi connectivity index (χ1n) is 15.3. The number of rotatable bonds is 12. The van der Waals surface area contributed by atoms with E-state index >= 15 is 0 Å². The van der Waals surface area contributed by atoms with Crippen LogP contribution in [0.25, 0.3) is 16.8 Å². The van der Waals surface area contributed by atoms with E-state index in [0.717, 1.165) is 25.5 Å². The smallest absolute Gasteiger partial charge is 0.274 e. The minimum absolute atomic E-state index is 0.113. The Morgan fingerprint density at radius 1 is 1.02 bits per heavy atom. The summed E-state index contributed by atoms with van der Waals surface area (Å²) in [5.41, 5.74) is 0.514. The summed E-state index contributed by atoms with van der Waals surface area (Å²) in [5.74, 6) is -3.12. The van der Waals surface area contributed by atoms with Gasteiger partial charge in [-0.05, 0) is 86.8 Å². The van der Waals surface area contributed by atoms with E-state index in [-0.39, 0.29) is 35.0 Å². The summed E-state index contributed by atoms with van der Waals surface area (Å²) in [4.78, 5) is 45.0. The van der Waals surface area contributed by atoms with Crippen molar-refractivity contribution in [3.8, 4) is 11.1 Å². The van der Waals surface area contributed by atoms with Gasteiger partial charge < -0.3 is 25.8 Å². The summed E-state index contributed by atoms with van der Waals surface area (Å²) >= 11 is 0. The summed E-state index contributed by atoms with van der Waals surface area (Å²) in [5, 5.41) is 17.4. The Bertz CT molecular complexity index is 1790. The maximum Gasteiger partial charge on any atom is 0.274 e. The molecule has 1 atom stereocenters. The topological polar surface area (TPSA) is 137 Å². The molecular formula is C34H38F2N6O5. The van der Waals surface area contributed by atoms with Gasteiger partial charge in [-0.25, -0.2) is 13.8 Å². The fraction of sp³-hybridized carbons (Fsp3) is 0.353. The first-order chi connectivity index (χ1) is 22.5. The second-order valence-corrected chi connectivity index (χ2v) is 12.2. The second-order valence-electron chi connectivity index (χ2n) is 12.2. The van der Waals surface area contributed by atoms with Gasteiger partial charge in [0, 0.05) is 38.0 Å². The van der Waals surface area contributed by atoms with Gasteiger partial charge in [0.05, 0.1) is 36.2 Å². The lowest BCUT2D eigenvalue weighted by atomic mass is 10.0. The molecule has 0 aliphatic carbocycles. The number of amides is 3. The van der Waals surface area contributed by atoms with E-state index in [2.05, 4.69) is 25.8 Å². The lowest BCUT2D eigenvalue weighted by molar-refractivity contribution is 0.0864. The number of carbonyl (C=O) groups excluding carboxylic acids is 3. The highest BCUT2D eigenvalue weighted by molar-refractivity contribution is 6.04. The van der Waals surface area contributed by atoms with E-state index in [1.807, 2.05) is 0 Å². The highest BCUT2D eigenvalue weighted by Gasteiger charge is 2.25. The van der Waals surface area contributed by atoms with Gasteiger partial charge >= 0.3 is 0 Å². The molecule has 11 nitrogen and oxygen atoms in total. The number of hydrogen-bond donors (Lipinski definition) is 4. The molecule has 0 unspecified atom stereocenters. The lowest BCUT2D eigenvalue weighted by Gasteiger charge is -2.23. The van der Waals surface area contributed by atoms with Crippen LogP contribution in [0.5, 0.6) is 0 Å². The van der Waals surface area contributed by atoms with Crippen molar-refractivity contribution in [2.45, 2.75) is 38.3 Å². The van der Waals surface area contributed by atoms with Crippen LogP contribution < -0.4 is 16.0 Å². The maximum atomic E-state index is 14.9. The number of halogens is 2. The SMILES string of the molecule is COC[C@H]1CCCN1CCNC(=O)c1ccc(F)c(NC(=O)c2cnc3cc(-c4ccc(C(=O)NC(C)(C)CO)c(F)c4)ccn23)c1. The first kappa shape index (κ1) is 33.6. The number of hydrogen-bond acceptors (Lipinski definition) is 7. The quantitative estimate of drug-likeness (QED) is 0.183. The lowest BCUT2D eigenvalue weighted by Crippen LogP contribution is -2.46. The molecule has 4 N–H and O–H groups in total. The Kier molecular flexibility index (Phi) is 10.3. The summed E-state index contributed by atoms with van der Waals surface area (Å²) < 4.78 is 36.4. The Morgan fingerprint density at radius 3 is 2.55 bits per heavy atom. The average molecular weight is 649 g/mol. The van der Waals surface area contributed by atoms with E-state index in [1.54, 1.807) is 45.4 Å². The van der Waals surface area contributed by atoms with Crippen LogP contribution >= 0.6 is 0 Å². The molecule has 1 fully saturated rings. The third-order valence-electron chi connectivity index (χ3n) is 8.16. The maximum absolute atomic E-state index is 14.9. The molecule has 0 bridgehead atoms. The molecule has 0 radical (unpaired) electrons. The van der Waals surface area contributed by atoms with Crippen molar-refractivity contribution >= 4 is 29.1 Å². The molecule has 1 aliphatic heterocycles. The van der Waals surface area contributed by atoms with E-state index < -0.39 is 29.0 Å². The minimum Gasteiger partial charge on any atom is -0.394 e. The zero-order valence-corrected chi connectivity index (χ0v) is 26.5. The van der Waals surface area contributed by atoms with Crippen molar-refractivity contribution in [1.82, 2.24) is 24.9 Å². The number of aliphatic hydroxyl groups is 1. The van der Waals surface area contributed by atoms with Crippen LogP contribution in [0.3, 0.4) is 0 Å².